The van der Waals surface area contributed by atoms with Crippen LogP contribution in [0.4, 0.5) is 10.5 Å². The molecule has 0 bridgehead atoms. The third-order valence-electron chi connectivity index (χ3n) is 4.06. The SMILES string of the molecule is CC(C)(C)c1ccc(NC(=O)NCc2cncc(-c3cccs3)c2)cc1. The molecule has 2 N–H and O–H groups in total. The average Bonchev–Trinajstić information content (AvgIpc) is 3.15. The predicted octanol–water partition coefficient (Wildman–Crippen LogP) is 5.43. The molecule has 1 aromatic carbocycles. The van der Waals surface area contributed by atoms with Gasteiger partial charge in [-0.2, -0.15) is 0 Å². The summed E-state index contributed by atoms with van der Waals surface area (Å²) in [5, 5.41) is 7.78. The van der Waals surface area contributed by atoms with Crippen LogP contribution in [0.5, 0.6) is 0 Å². The first-order valence-corrected chi connectivity index (χ1v) is 9.43. The second-order valence-corrected chi connectivity index (χ2v) is 8.14. The van der Waals surface area contributed by atoms with Crippen LogP contribution >= 0.6 is 11.3 Å². The van der Waals surface area contributed by atoms with Crippen molar-refractivity contribution in [3.05, 3.63) is 71.4 Å². The number of anilines is 1. The number of carbonyl (C=O) groups excluding carboxylic acids is 1. The van der Waals surface area contributed by atoms with Gasteiger partial charge in [-0.05, 0) is 46.2 Å². The lowest BCUT2D eigenvalue weighted by atomic mass is 9.87. The number of nitrogens with zero attached hydrogens (tertiary/aromatic N) is 1. The molecule has 4 nitrogen and oxygen atoms in total. The molecule has 2 amide bonds. The molecule has 2 aromatic heterocycles. The zero-order chi connectivity index (χ0) is 18.6. The largest absolute Gasteiger partial charge is 0.334 e. The topological polar surface area (TPSA) is 54.0 Å². The van der Waals surface area contributed by atoms with E-state index in [1.807, 2.05) is 41.9 Å². The molecule has 0 saturated carbocycles. The van der Waals surface area contributed by atoms with Crippen LogP contribution in [0.1, 0.15) is 31.9 Å². The highest BCUT2D eigenvalue weighted by Crippen LogP contribution is 2.25. The number of thiophene rings is 1. The standard InChI is InChI=1S/C21H23N3OS/c1-21(2,3)17-6-8-18(9-7-17)24-20(25)23-13-15-11-16(14-22-12-15)19-5-4-10-26-19/h4-12,14H,13H2,1-3H3,(H2,23,24,25). The molecule has 0 aliphatic heterocycles. The maximum Gasteiger partial charge on any atom is 0.319 e. The Balaban J connectivity index is 1.57. The number of amides is 2. The molecule has 26 heavy (non-hydrogen) atoms. The minimum absolute atomic E-state index is 0.0986. The predicted molar refractivity (Wildman–Crippen MR) is 109 cm³/mol. The maximum absolute atomic E-state index is 12.1. The van der Waals surface area contributed by atoms with E-state index in [0.717, 1.165) is 16.8 Å². The van der Waals surface area contributed by atoms with Crippen molar-refractivity contribution >= 4 is 23.1 Å². The first-order chi connectivity index (χ1) is 12.4. The molecule has 3 aromatic rings. The molecule has 0 radical (unpaired) electrons. The first kappa shape index (κ1) is 18.1. The second kappa shape index (κ2) is 7.70. The molecule has 2 heterocycles. The van der Waals surface area contributed by atoms with E-state index in [9.17, 15) is 4.79 Å². The molecule has 0 fully saturated rings. The Morgan fingerprint density at radius 2 is 1.88 bits per heavy atom. The second-order valence-electron chi connectivity index (χ2n) is 7.19. The number of urea groups is 1. The van der Waals surface area contributed by atoms with Gasteiger partial charge in [0.25, 0.3) is 0 Å². The van der Waals surface area contributed by atoms with Gasteiger partial charge in [0.1, 0.15) is 0 Å². The Morgan fingerprint density at radius 1 is 1.12 bits per heavy atom. The third-order valence-corrected chi connectivity index (χ3v) is 4.98. The minimum atomic E-state index is -0.227. The average molecular weight is 366 g/mol. The Hall–Kier alpha value is -2.66. The van der Waals surface area contributed by atoms with Crippen LogP contribution in [0.2, 0.25) is 0 Å². The van der Waals surface area contributed by atoms with Crippen molar-refractivity contribution in [1.82, 2.24) is 10.3 Å². The van der Waals surface area contributed by atoms with Crippen molar-refractivity contribution in [1.29, 1.82) is 0 Å². The highest BCUT2D eigenvalue weighted by atomic mass is 32.1. The van der Waals surface area contributed by atoms with Gasteiger partial charge >= 0.3 is 6.03 Å². The molecule has 0 unspecified atom stereocenters. The van der Waals surface area contributed by atoms with Crippen LogP contribution in [0, 0.1) is 0 Å². The number of benzene rings is 1. The fraction of sp³-hybridized carbons (Fsp3) is 0.238. The molecule has 0 aliphatic carbocycles. The molecule has 0 aliphatic rings. The van der Waals surface area contributed by atoms with Crippen molar-refractivity contribution in [2.24, 2.45) is 0 Å². The summed E-state index contributed by atoms with van der Waals surface area (Å²) in [6, 6.07) is 13.9. The van der Waals surface area contributed by atoms with Crippen molar-refractivity contribution in [3.8, 4) is 10.4 Å². The Bertz CT molecular complexity index is 865. The summed E-state index contributed by atoms with van der Waals surface area (Å²) in [5.74, 6) is 0. The van der Waals surface area contributed by atoms with Crippen molar-refractivity contribution < 1.29 is 4.79 Å². The van der Waals surface area contributed by atoms with Gasteiger partial charge in [-0.15, -0.1) is 11.3 Å². The number of hydrogen-bond acceptors (Lipinski definition) is 3. The van der Waals surface area contributed by atoms with Crippen LogP contribution in [-0.4, -0.2) is 11.0 Å². The minimum Gasteiger partial charge on any atom is -0.334 e. The van der Waals surface area contributed by atoms with Gasteiger partial charge in [0.05, 0.1) is 0 Å². The van der Waals surface area contributed by atoms with Gasteiger partial charge in [0.2, 0.25) is 0 Å². The number of aromatic nitrogens is 1. The van der Waals surface area contributed by atoms with E-state index in [1.165, 1.54) is 10.4 Å². The molecule has 3 rings (SSSR count). The van der Waals surface area contributed by atoms with Crippen molar-refractivity contribution in [3.63, 3.8) is 0 Å². The Morgan fingerprint density at radius 3 is 2.54 bits per heavy atom. The van der Waals surface area contributed by atoms with E-state index in [2.05, 4.69) is 48.5 Å². The highest BCUT2D eigenvalue weighted by Gasteiger charge is 2.13. The van der Waals surface area contributed by atoms with Crippen LogP contribution in [0.25, 0.3) is 10.4 Å². The highest BCUT2D eigenvalue weighted by molar-refractivity contribution is 7.13. The molecule has 134 valence electrons. The van der Waals surface area contributed by atoms with Gasteiger partial charge in [-0.25, -0.2) is 4.79 Å². The van der Waals surface area contributed by atoms with Gasteiger partial charge < -0.3 is 10.6 Å². The van der Waals surface area contributed by atoms with Gasteiger partial charge in [-0.3, -0.25) is 4.98 Å². The summed E-state index contributed by atoms with van der Waals surface area (Å²) < 4.78 is 0. The zero-order valence-electron chi connectivity index (χ0n) is 15.2. The van der Waals surface area contributed by atoms with Crippen molar-refractivity contribution in [2.45, 2.75) is 32.7 Å². The fourth-order valence-corrected chi connectivity index (χ4v) is 3.28. The van der Waals surface area contributed by atoms with Crippen LogP contribution in [0.15, 0.2) is 60.2 Å². The van der Waals surface area contributed by atoms with Gasteiger partial charge in [-0.1, -0.05) is 39.0 Å². The van der Waals surface area contributed by atoms with E-state index < -0.39 is 0 Å². The smallest absolute Gasteiger partial charge is 0.319 e. The van der Waals surface area contributed by atoms with E-state index in [4.69, 9.17) is 0 Å². The quantitative estimate of drug-likeness (QED) is 0.648. The summed E-state index contributed by atoms with van der Waals surface area (Å²) in [6.07, 6.45) is 3.61. The Kier molecular flexibility index (Phi) is 5.38. The molecular weight excluding hydrogens is 342 g/mol. The first-order valence-electron chi connectivity index (χ1n) is 8.55. The number of hydrogen-bond donors (Lipinski definition) is 2. The summed E-state index contributed by atoms with van der Waals surface area (Å²) in [5.41, 5.74) is 4.15. The maximum atomic E-state index is 12.1. The van der Waals surface area contributed by atoms with E-state index in [0.29, 0.717) is 6.54 Å². The van der Waals surface area contributed by atoms with E-state index in [1.54, 1.807) is 17.5 Å². The van der Waals surface area contributed by atoms with Gasteiger partial charge in [0.15, 0.2) is 0 Å². The lowest BCUT2D eigenvalue weighted by molar-refractivity contribution is 0.251. The molecule has 0 saturated heterocycles. The zero-order valence-corrected chi connectivity index (χ0v) is 16.1. The van der Waals surface area contributed by atoms with E-state index in [-0.39, 0.29) is 11.4 Å². The Labute approximate surface area is 158 Å². The number of nitrogens with one attached hydrogen (secondary N) is 2. The van der Waals surface area contributed by atoms with Crippen LogP contribution in [-0.2, 0) is 12.0 Å². The normalized spacial score (nSPS) is 11.2. The third kappa shape index (κ3) is 4.70. The summed E-state index contributed by atoms with van der Waals surface area (Å²) in [7, 11) is 0. The number of carbonyl (C=O) groups is 1. The molecular formula is C21H23N3OS. The summed E-state index contributed by atoms with van der Waals surface area (Å²) in [6.45, 7) is 6.93. The van der Waals surface area contributed by atoms with E-state index >= 15 is 0 Å². The van der Waals surface area contributed by atoms with Crippen LogP contribution in [0.3, 0.4) is 0 Å². The lowest BCUT2D eigenvalue weighted by Crippen LogP contribution is -2.28. The molecule has 0 spiro atoms. The fourth-order valence-electron chi connectivity index (χ4n) is 2.57. The number of rotatable bonds is 4. The molecule has 5 heteroatoms. The van der Waals surface area contributed by atoms with Gasteiger partial charge in [0, 0.05) is 35.1 Å². The van der Waals surface area contributed by atoms with Crippen LogP contribution < -0.4 is 10.6 Å². The summed E-state index contributed by atoms with van der Waals surface area (Å²) >= 11 is 1.67. The molecule has 0 atom stereocenters. The number of pyridine rings is 1. The summed E-state index contributed by atoms with van der Waals surface area (Å²) in [4.78, 5) is 17.6. The lowest BCUT2D eigenvalue weighted by Gasteiger charge is -2.19. The monoisotopic (exact) mass is 365 g/mol. The van der Waals surface area contributed by atoms with Crippen molar-refractivity contribution in [2.75, 3.05) is 5.32 Å².